The summed E-state index contributed by atoms with van der Waals surface area (Å²) in [5.41, 5.74) is 0.103. The van der Waals surface area contributed by atoms with Gasteiger partial charge in [-0.25, -0.2) is 0 Å². The SMILES string of the molecule is CC(NC(=O)C1(n2cccn2)CCNCC1)c1nnc2ccccn12.Cl.Cl. The molecule has 3 aromatic heterocycles. The average Bonchev–Trinajstić information content (AvgIpc) is 3.32. The number of carbonyl (C=O) groups is 1. The normalized spacial score (nSPS) is 16.8. The van der Waals surface area contributed by atoms with Crippen LogP contribution in [0.5, 0.6) is 0 Å². The number of halogens is 2. The third-order valence-corrected chi connectivity index (χ3v) is 4.87. The Morgan fingerprint density at radius 1 is 1.19 bits per heavy atom. The summed E-state index contributed by atoms with van der Waals surface area (Å²) in [5, 5.41) is 19.2. The lowest BCUT2D eigenvalue weighted by Gasteiger charge is -2.37. The van der Waals surface area contributed by atoms with E-state index in [-0.39, 0.29) is 36.8 Å². The molecule has 2 N–H and O–H groups in total. The van der Waals surface area contributed by atoms with Gasteiger partial charge in [-0.1, -0.05) is 6.07 Å². The summed E-state index contributed by atoms with van der Waals surface area (Å²) in [6.07, 6.45) is 6.89. The molecule has 0 radical (unpaired) electrons. The molecule has 0 spiro atoms. The monoisotopic (exact) mass is 411 g/mol. The zero-order valence-corrected chi connectivity index (χ0v) is 16.5. The first-order valence-electron chi connectivity index (χ1n) is 8.52. The fourth-order valence-corrected chi connectivity index (χ4v) is 3.47. The predicted molar refractivity (Wildman–Crippen MR) is 106 cm³/mol. The molecule has 1 fully saturated rings. The van der Waals surface area contributed by atoms with Gasteiger partial charge in [0.15, 0.2) is 11.5 Å². The minimum Gasteiger partial charge on any atom is -0.344 e. The lowest BCUT2D eigenvalue weighted by molar-refractivity contribution is -0.132. The highest BCUT2D eigenvalue weighted by Gasteiger charge is 2.42. The molecule has 10 heteroatoms. The van der Waals surface area contributed by atoms with Crippen molar-refractivity contribution in [2.75, 3.05) is 13.1 Å². The van der Waals surface area contributed by atoms with Crippen LogP contribution in [0.4, 0.5) is 0 Å². The lowest BCUT2D eigenvalue weighted by Crippen LogP contribution is -2.55. The summed E-state index contributed by atoms with van der Waals surface area (Å²) in [6, 6.07) is 7.33. The molecular formula is C17H23Cl2N7O. The third-order valence-electron chi connectivity index (χ3n) is 4.87. The highest BCUT2D eigenvalue weighted by atomic mass is 35.5. The molecule has 0 bridgehead atoms. The van der Waals surface area contributed by atoms with Crippen LogP contribution in [0.1, 0.15) is 31.6 Å². The maximum atomic E-state index is 13.2. The Bertz CT molecular complexity index is 874. The van der Waals surface area contributed by atoms with E-state index in [4.69, 9.17) is 0 Å². The van der Waals surface area contributed by atoms with E-state index in [0.717, 1.165) is 18.7 Å². The molecule has 1 aliphatic heterocycles. The van der Waals surface area contributed by atoms with Crippen molar-refractivity contribution in [1.82, 2.24) is 35.0 Å². The van der Waals surface area contributed by atoms with E-state index in [1.165, 1.54) is 0 Å². The van der Waals surface area contributed by atoms with Crippen molar-refractivity contribution in [2.24, 2.45) is 0 Å². The van der Waals surface area contributed by atoms with E-state index >= 15 is 0 Å². The Balaban J connectivity index is 0.00000131. The zero-order chi connectivity index (χ0) is 17.3. The Morgan fingerprint density at radius 3 is 2.67 bits per heavy atom. The van der Waals surface area contributed by atoms with Gasteiger partial charge < -0.3 is 10.6 Å². The second-order valence-electron chi connectivity index (χ2n) is 6.41. The van der Waals surface area contributed by atoms with Gasteiger partial charge in [0, 0.05) is 18.6 Å². The van der Waals surface area contributed by atoms with Crippen LogP contribution in [-0.4, -0.2) is 43.4 Å². The Kier molecular flexibility index (Phi) is 6.80. The first kappa shape index (κ1) is 21.1. The molecule has 1 atom stereocenters. The van der Waals surface area contributed by atoms with Crippen LogP contribution >= 0.6 is 24.8 Å². The average molecular weight is 412 g/mol. The topological polar surface area (TPSA) is 89.1 Å². The van der Waals surface area contributed by atoms with Gasteiger partial charge in [-0.05, 0) is 51.1 Å². The van der Waals surface area contributed by atoms with Crippen molar-refractivity contribution in [3.63, 3.8) is 0 Å². The van der Waals surface area contributed by atoms with Crippen molar-refractivity contribution >= 4 is 36.4 Å². The van der Waals surface area contributed by atoms with Gasteiger partial charge in [0.1, 0.15) is 5.54 Å². The molecule has 1 amide bonds. The highest BCUT2D eigenvalue weighted by Crippen LogP contribution is 2.28. The van der Waals surface area contributed by atoms with Gasteiger partial charge >= 0.3 is 0 Å². The Labute approximate surface area is 169 Å². The molecule has 0 aliphatic carbocycles. The van der Waals surface area contributed by atoms with Crippen molar-refractivity contribution in [3.8, 4) is 0 Å². The summed E-state index contributed by atoms with van der Waals surface area (Å²) in [7, 11) is 0. The van der Waals surface area contributed by atoms with E-state index in [9.17, 15) is 4.79 Å². The number of hydrogen-bond acceptors (Lipinski definition) is 5. The van der Waals surface area contributed by atoms with E-state index in [1.54, 1.807) is 10.9 Å². The standard InChI is InChI=1S/C17H21N7O.2ClH/c1-13(15-22-21-14-5-2-3-11-23(14)15)20-16(25)17(6-9-18-10-7-17)24-12-4-8-19-24;;/h2-5,8,11-13,18H,6-7,9-10H2,1H3,(H,20,25);2*1H. The molecule has 0 saturated carbocycles. The molecule has 1 aliphatic rings. The van der Waals surface area contributed by atoms with Gasteiger partial charge in [-0.15, -0.1) is 35.0 Å². The fourth-order valence-electron chi connectivity index (χ4n) is 3.47. The maximum absolute atomic E-state index is 13.2. The lowest BCUT2D eigenvalue weighted by atomic mass is 9.87. The summed E-state index contributed by atoms with van der Waals surface area (Å²) >= 11 is 0. The van der Waals surface area contributed by atoms with Crippen LogP contribution in [0.25, 0.3) is 5.65 Å². The van der Waals surface area contributed by atoms with Crippen LogP contribution in [0.2, 0.25) is 0 Å². The quantitative estimate of drug-likeness (QED) is 0.682. The molecule has 1 unspecified atom stereocenters. The number of piperidine rings is 1. The number of fused-ring (bicyclic) bond motifs is 1. The predicted octanol–water partition coefficient (Wildman–Crippen LogP) is 1.73. The van der Waals surface area contributed by atoms with Crippen molar-refractivity contribution in [1.29, 1.82) is 0 Å². The molecule has 0 aromatic carbocycles. The van der Waals surface area contributed by atoms with Crippen LogP contribution in [-0.2, 0) is 10.3 Å². The number of carbonyl (C=O) groups excluding carboxylic acids is 1. The van der Waals surface area contributed by atoms with Crippen LogP contribution in [0.3, 0.4) is 0 Å². The van der Waals surface area contributed by atoms with Crippen LogP contribution < -0.4 is 10.6 Å². The van der Waals surface area contributed by atoms with Crippen LogP contribution in [0, 0.1) is 0 Å². The van der Waals surface area contributed by atoms with Crippen LogP contribution in [0.15, 0.2) is 42.9 Å². The number of nitrogens with zero attached hydrogens (tertiary/aromatic N) is 5. The largest absolute Gasteiger partial charge is 0.344 e. The number of aromatic nitrogens is 5. The zero-order valence-electron chi connectivity index (χ0n) is 14.9. The molecule has 27 heavy (non-hydrogen) atoms. The molecule has 8 nitrogen and oxygen atoms in total. The van der Waals surface area contributed by atoms with Gasteiger partial charge in [-0.3, -0.25) is 13.9 Å². The van der Waals surface area contributed by atoms with Gasteiger partial charge in [0.05, 0.1) is 6.04 Å². The summed E-state index contributed by atoms with van der Waals surface area (Å²) in [6.45, 7) is 3.50. The number of pyridine rings is 1. The summed E-state index contributed by atoms with van der Waals surface area (Å²) < 4.78 is 3.69. The molecule has 1 saturated heterocycles. The second-order valence-corrected chi connectivity index (χ2v) is 6.41. The minimum absolute atomic E-state index is 0. The first-order valence-corrected chi connectivity index (χ1v) is 8.52. The van der Waals surface area contributed by atoms with Crippen molar-refractivity contribution < 1.29 is 4.79 Å². The number of nitrogens with one attached hydrogen (secondary N) is 2. The van der Waals surface area contributed by atoms with Gasteiger partial charge in [0.25, 0.3) is 0 Å². The molecular weight excluding hydrogens is 389 g/mol. The van der Waals surface area contributed by atoms with Gasteiger partial charge in [-0.2, -0.15) is 5.10 Å². The smallest absolute Gasteiger partial charge is 0.248 e. The Hall–Kier alpha value is -2.16. The van der Waals surface area contributed by atoms with E-state index < -0.39 is 5.54 Å². The second kappa shape index (κ2) is 8.69. The molecule has 4 heterocycles. The molecule has 3 aromatic rings. The molecule has 146 valence electrons. The highest BCUT2D eigenvalue weighted by molar-refractivity contribution is 5.86. The number of hydrogen-bond donors (Lipinski definition) is 2. The number of amides is 1. The van der Waals surface area contributed by atoms with E-state index in [2.05, 4.69) is 25.9 Å². The van der Waals surface area contributed by atoms with Gasteiger partial charge in [0.2, 0.25) is 5.91 Å². The maximum Gasteiger partial charge on any atom is 0.248 e. The Morgan fingerprint density at radius 2 is 1.96 bits per heavy atom. The number of rotatable bonds is 4. The summed E-state index contributed by atoms with van der Waals surface area (Å²) in [5.74, 6) is 0.686. The van der Waals surface area contributed by atoms with E-state index in [1.807, 2.05) is 48.0 Å². The summed E-state index contributed by atoms with van der Waals surface area (Å²) in [4.78, 5) is 13.2. The third kappa shape index (κ3) is 3.78. The molecule has 4 rings (SSSR count). The minimum atomic E-state index is -0.663. The van der Waals surface area contributed by atoms with Crippen molar-refractivity contribution in [3.05, 3.63) is 48.7 Å². The van der Waals surface area contributed by atoms with E-state index in [0.29, 0.717) is 18.7 Å². The van der Waals surface area contributed by atoms with Crippen molar-refractivity contribution in [2.45, 2.75) is 31.3 Å². The fraction of sp³-hybridized carbons (Fsp3) is 0.412. The first-order chi connectivity index (χ1) is 12.2.